The molecule has 9 heteroatoms. The van der Waals surface area contributed by atoms with Gasteiger partial charge in [-0.1, -0.05) is 18.2 Å². The number of ether oxygens (including phenoxy) is 1. The summed E-state index contributed by atoms with van der Waals surface area (Å²) in [6.07, 6.45) is -5.19. The third-order valence-corrected chi connectivity index (χ3v) is 4.79. The van der Waals surface area contributed by atoms with Crippen LogP contribution < -0.4 is 9.64 Å². The largest absolute Gasteiger partial charge is 0.497 e. The van der Waals surface area contributed by atoms with E-state index in [9.17, 15) is 27.5 Å². The Morgan fingerprint density at radius 2 is 1.84 bits per heavy atom. The molecule has 0 aliphatic heterocycles. The molecule has 5 nitrogen and oxygen atoms in total. The molecule has 0 unspecified atom stereocenters. The fourth-order valence-electron chi connectivity index (χ4n) is 3.05. The number of alkyl halides is 3. The molecule has 0 radical (unpaired) electrons. The first kappa shape index (κ1) is 23.2. The van der Waals surface area contributed by atoms with Crippen LogP contribution in [-0.2, 0) is 17.4 Å². The van der Waals surface area contributed by atoms with Crippen molar-refractivity contribution in [1.82, 2.24) is 4.98 Å². The highest BCUT2D eigenvalue weighted by molar-refractivity contribution is 5.97. The Labute approximate surface area is 181 Å². The maximum atomic E-state index is 13.2. The molecule has 0 saturated carbocycles. The minimum absolute atomic E-state index is 0.0304. The lowest BCUT2D eigenvalue weighted by atomic mass is 10.1. The van der Waals surface area contributed by atoms with Crippen molar-refractivity contribution >= 4 is 11.6 Å². The number of aliphatic hydroxyl groups is 1. The summed E-state index contributed by atoms with van der Waals surface area (Å²) in [6, 6.07) is 13.6. The van der Waals surface area contributed by atoms with E-state index in [1.807, 2.05) is 0 Å². The van der Waals surface area contributed by atoms with Gasteiger partial charge in [0.2, 0.25) is 0 Å². The van der Waals surface area contributed by atoms with Gasteiger partial charge in [0, 0.05) is 36.6 Å². The molecule has 1 aromatic heterocycles. The monoisotopic (exact) mass is 448 g/mol. The zero-order valence-corrected chi connectivity index (χ0v) is 17.0. The van der Waals surface area contributed by atoms with E-state index in [4.69, 9.17) is 4.74 Å². The number of amides is 1. The normalized spacial score (nSPS) is 12.3. The first-order chi connectivity index (χ1) is 15.2. The predicted molar refractivity (Wildman–Crippen MR) is 110 cm³/mol. The molecular formula is C23H20F4N2O3. The molecule has 0 bridgehead atoms. The molecule has 0 aliphatic carbocycles. The summed E-state index contributed by atoms with van der Waals surface area (Å²) < 4.78 is 56.6. The van der Waals surface area contributed by atoms with E-state index in [-0.39, 0.29) is 18.5 Å². The molecule has 1 amide bonds. The van der Waals surface area contributed by atoms with E-state index in [2.05, 4.69) is 4.98 Å². The van der Waals surface area contributed by atoms with Crippen LogP contribution in [0.4, 0.5) is 23.2 Å². The van der Waals surface area contributed by atoms with Crippen LogP contribution in [0.3, 0.4) is 0 Å². The summed E-state index contributed by atoms with van der Waals surface area (Å²) in [6.45, 7) is 0.0304. The Morgan fingerprint density at radius 3 is 2.44 bits per heavy atom. The maximum Gasteiger partial charge on any atom is 0.417 e. The van der Waals surface area contributed by atoms with Gasteiger partial charge in [-0.2, -0.15) is 13.2 Å². The standard InChI is InChI=1S/C23H20F4N2O3/c1-32-20-4-2-3-19(13-20)29(22(31)21(30)15-5-8-17(24)9-6-15)12-11-18-10-7-16(14-28-18)23(25,26)27/h2-10,13-14,21,30H,11-12H2,1H3/t21-/m1/s1. The van der Waals surface area contributed by atoms with Crippen LogP contribution in [0.5, 0.6) is 5.75 Å². The number of hydrogen-bond acceptors (Lipinski definition) is 4. The lowest BCUT2D eigenvalue weighted by Crippen LogP contribution is -2.37. The number of rotatable bonds is 7. The second kappa shape index (κ2) is 9.78. The molecular weight excluding hydrogens is 428 g/mol. The first-order valence-corrected chi connectivity index (χ1v) is 9.60. The minimum atomic E-state index is -4.49. The first-order valence-electron chi connectivity index (χ1n) is 9.60. The molecule has 2 aromatic carbocycles. The van der Waals surface area contributed by atoms with Crippen molar-refractivity contribution in [2.75, 3.05) is 18.6 Å². The van der Waals surface area contributed by atoms with Crippen LogP contribution in [0.1, 0.15) is 22.9 Å². The lowest BCUT2D eigenvalue weighted by molar-refractivity contribution is -0.137. The van der Waals surface area contributed by atoms with Gasteiger partial charge in [0.15, 0.2) is 6.10 Å². The van der Waals surface area contributed by atoms with Gasteiger partial charge >= 0.3 is 6.18 Å². The van der Waals surface area contributed by atoms with Gasteiger partial charge in [-0.05, 0) is 42.0 Å². The topological polar surface area (TPSA) is 62.7 Å². The molecule has 0 fully saturated rings. The van der Waals surface area contributed by atoms with Crippen LogP contribution in [0.15, 0.2) is 66.9 Å². The number of carbonyl (C=O) groups excluding carboxylic acids is 1. The smallest absolute Gasteiger partial charge is 0.417 e. The molecule has 3 aromatic rings. The molecule has 3 rings (SSSR count). The number of carbonyl (C=O) groups is 1. The molecule has 1 N–H and O–H groups in total. The maximum absolute atomic E-state index is 13.2. The van der Waals surface area contributed by atoms with Gasteiger partial charge in [0.05, 0.1) is 12.7 Å². The number of aromatic nitrogens is 1. The summed E-state index contributed by atoms with van der Waals surface area (Å²) >= 11 is 0. The molecule has 0 saturated heterocycles. The Hall–Kier alpha value is -3.46. The van der Waals surface area contributed by atoms with Gasteiger partial charge in [-0.3, -0.25) is 9.78 Å². The fourth-order valence-corrected chi connectivity index (χ4v) is 3.05. The molecule has 0 spiro atoms. The molecule has 1 heterocycles. The van der Waals surface area contributed by atoms with Crippen molar-refractivity contribution in [3.05, 3.63) is 89.5 Å². The Bertz CT molecular complexity index is 1050. The lowest BCUT2D eigenvalue weighted by Gasteiger charge is -2.26. The van der Waals surface area contributed by atoms with Crippen LogP contribution in [0.2, 0.25) is 0 Å². The van der Waals surface area contributed by atoms with Crippen LogP contribution >= 0.6 is 0 Å². The van der Waals surface area contributed by atoms with Crippen molar-refractivity contribution in [3.8, 4) is 5.75 Å². The Balaban J connectivity index is 1.85. The molecule has 32 heavy (non-hydrogen) atoms. The van der Waals surface area contributed by atoms with Gasteiger partial charge in [-0.15, -0.1) is 0 Å². The average molecular weight is 448 g/mol. The third kappa shape index (κ3) is 5.61. The Kier molecular flexibility index (Phi) is 7.09. The van der Waals surface area contributed by atoms with Gasteiger partial charge in [0.25, 0.3) is 5.91 Å². The van der Waals surface area contributed by atoms with E-state index >= 15 is 0 Å². The zero-order valence-electron chi connectivity index (χ0n) is 17.0. The van der Waals surface area contributed by atoms with Crippen molar-refractivity contribution < 1.29 is 32.2 Å². The molecule has 0 aliphatic rings. The highest BCUT2D eigenvalue weighted by atomic mass is 19.4. The number of methoxy groups -OCH3 is 1. The van der Waals surface area contributed by atoms with Gasteiger partial charge in [-0.25, -0.2) is 4.39 Å². The quantitative estimate of drug-likeness (QED) is 0.539. The Morgan fingerprint density at radius 1 is 1.12 bits per heavy atom. The van der Waals surface area contributed by atoms with Crippen LogP contribution in [0, 0.1) is 5.82 Å². The second-order valence-corrected chi connectivity index (χ2v) is 6.93. The molecule has 168 valence electrons. The summed E-state index contributed by atoms with van der Waals surface area (Å²) in [5, 5.41) is 10.6. The fraction of sp³-hybridized carbons (Fsp3) is 0.217. The number of aliphatic hydroxyl groups excluding tert-OH is 1. The van der Waals surface area contributed by atoms with Crippen molar-refractivity contribution in [1.29, 1.82) is 0 Å². The average Bonchev–Trinajstić information content (AvgIpc) is 2.79. The van der Waals surface area contributed by atoms with E-state index < -0.39 is 29.6 Å². The van der Waals surface area contributed by atoms with E-state index in [0.29, 0.717) is 17.1 Å². The SMILES string of the molecule is COc1cccc(N(CCc2ccc(C(F)(F)F)cn2)C(=O)[C@H](O)c2ccc(F)cc2)c1. The van der Waals surface area contributed by atoms with Crippen molar-refractivity contribution in [2.24, 2.45) is 0 Å². The number of anilines is 1. The summed E-state index contributed by atoms with van der Waals surface area (Å²) in [4.78, 5) is 18.2. The summed E-state index contributed by atoms with van der Waals surface area (Å²) in [5.41, 5.74) is 0.100. The van der Waals surface area contributed by atoms with Crippen molar-refractivity contribution in [2.45, 2.75) is 18.7 Å². The number of benzene rings is 2. The predicted octanol–water partition coefficient (Wildman–Crippen LogP) is 4.56. The minimum Gasteiger partial charge on any atom is -0.497 e. The number of halogens is 4. The van der Waals surface area contributed by atoms with Crippen LogP contribution in [0.25, 0.3) is 0 Å². The second-order valence-electron chi connectivity index (χ2n) is 6.93. The van der Waals surface area contributed by atoms with Crippen molar-refractivity contribution in [3.63, 3.8) is 0 Å². The number of pyridine rings is 1. The van der Waals surface area contributed by atoms with Gasteiger partial charge in [0.1, 0.15) is 11.6 Å². The van der Waals surface area contributed by atoms with E-state index in [1.165, 1.54) is 30.2 Å². The molecule has 1 atom stereocenters. The zero-order chi connectivity index (χ0) is 23.3. The third-order valence-electron chi connectivity index (χ3n) is 4.79. The highest BCUT2D eigenvalue weighted by Crippen LogP contribution is 2.29. The summed E-state index contributed by atoms with van der Waals surface area (Å²) in [7, 11) is 1.46. The number of nitrogens with zero attached hydrogens (tertiary/aromatic N) is 2. The summed E-state index contributed by atoms with van der Waals surface area (Å²) in [5.74, 6) is -0.715. The highest BCUT2D eigenvalue weighted by Gasteiger charge is 2.31. The van der Waals surface area contributed by atoms with E-state index in [1.54, 1.807) is 24.3 Å². The van der Waals surface area contributed by atoms with E-state index in [0.717, 1.165) is 24.4 Å². The number of hydrogen-bond donors (Lipinski definition) is 1. The van der Waals surface area contributed by atoms with Crippen LogP contribution in [-0.4, -0.2) is 29.7 Å². The van der Waals surface area contributed by atoms with Gasteiger partial charge < -0.3 is 14.7 Å².